The van der Waals surface area contributed by atoms with Crippen molar-refractivity contribution in [3.05, 3.63) is 53.1 Å². The lowest BCUT2D eigenvalue weighted by atomic mass is 10.1. The number of benzene rings is 2. The largest absolute Gasteiger partial charge is 0.473 e. The smallest absolute Gasteiger partial charge is 0.414 e. The molecular weight excluding hydrogens is 326 g/mol. The summed E-state index contributed by atoms with van der Waals surface area (Å²) < 4.78 is 10.7. The van der Waals surface area contributed by atoms with E-state index in [4.69, 9.17) is 29.3 Å². The summed E-state index contributed by atoms with van der Waals surface area (Å²) in [7, 11) is 0. The molecule has 0 saturated carbocycles. The van der Waals surface area contributed by atoms with E-state index in [0.717, 1.165) is 18.0 Å². The Bertz CT molecular complexity index is 775. The van der Waals surface area contributed by atoms with Crippen LogP contribution in [0.4, 0.5) is 5.69 Å². The molecule has 0 saturated heterocycles. The molecule has 2 aromatic carbocycles. The fraction of sp³-hybridized carbons (Fsp3) is 0.222. The maximum absolute atomic E-state index is 9.10. The molecule has 0 aliphatic carbocycles. The molecule has 0 radical (unpaired) electrons. The molecule has 0 bridgehead atoms. The lowest BCUT2D eigenvalue weighted by molar-refractivity contribution is -0.159. The number of rotatable bonds is 3. The van der Waals surface area contributed by atoms with Gasteiger partial charge in [0, 0.05) is 12.2 Å². The third-order valence-corrected chi connectivity index (χ3v) is 3.50. The summed E-state index contributed by atoms with van der Waals surface area (Å²) in [6, 6.07) is 12.5. The minimum Gasteiger partial charge on any atom is -0.473 e. The summed E-state index contributed by atoms with van der Waals surface area (Å²) in [6.45, 7) is 5.32. The number of fused-ring (bicyclic) bond motifs is 1. The van der Waals surface area contributed by atoms with Crippen LogP contribution in [0.1, 0.15) is 16.7 Å². The molecule has 0 spiro atoms. The summed E-state index contributed by atoms with van der Waals surface area (Å²) in [5.41, 5.74) is 4.88. The number of aryl methyl sites for hydroxylation is 2. The molecule has 0 unspecified atom stereocenters. The molecule has 3 rings (SSSR count). The Labute approximate surface area is 144 Å². The normalized spacial score (nSPS) is 11.3. The standard InChI is InChI=1S/C16H17NO2.C2H2O4/c1-11-3-4-12(2)14(7-11)17-9-13-5-6-15-16(8-13)19-10-18-15;3-1(4)2(5)6/h3-8,17H,9-10H2,1-2H3;(H,3,4)(H,5,6). The Morgan fingerprint density at radius 1 is 1.00 bits per heavy atom. The van der Waals surface area contributed by atoms with Gasteiger partial charge in [0.05, 0.1) is 0 Å². The third-order valence-electron chi connectivity index (χ3n) is 3.50. The Morgan fingerprint density at radius 2 is 1.68 bits per heavy atom. The van der Waals surface area contributed by atoms with E-state index in [1.165, 1.54) is 22.4 Å². The van der Waals surface area contributed by atoms with Crippen LogP contribution in [-0.4, -0.2) is 28.9 Å². The third kappa shape index (κ3) is 5.13. The van der Waals surface area contributed by atoms with E-state index < -0.39 is 11.9 Å². The summed E-state index contributed by atoms with van der Waals surface area (Å²) in [5.74, 6) is -1.99. The lowest BCUT2D eigenvalue weighted by Crippen LogP contribution is -2.09. The first kappa shape index (κ1) is 18.1. The van der Waals surface area contributed by atoms with Crippen LogP contribution >= 0.6 is 0 Å². The summed E-state index contributed by atoms with van der Waals surface area (Å²) in [5, 5.41) is 18.2. The van der Waals surface area contributed by atoms with E-state index in [1.54, 1.807) is 0 Å². The van der Waals surface area contributed by atoms with Crippen LogP contribution in [0.25, 0.3) is 0 Å². The predicted octanol–water partition coefficient (Wildman–Crippen LogP) is 2.80. The van der Waals surface area contributed by atoms with Crippen LogP contribution in [0.3, 0.4) is 0 Å². The molecule has 0 amide bonds. The zero-order valence-electron chi connectivity index (χ0n) is 13.9. The predicted molar refractivity (Wildman–Crippen MR) is 91.1 cm³/mol. The van der Waals surface area contributed by atoms with E-state index in [1.807, 2.05) is 12.1 Å². The second kappa shape index (κ2) is 8.05. The average molecular weight is 345 g/mol. The Morgan fingerprint density at radius 3 is 2.36 bits per heavy atom. The van der Waals surface area contributed by atoms with Crippen molar-refractivity contribution in [1.29, 1.82) is 0 Å². The van der Waals surface area contributed by atoms with Gasteiger partial charge in [0.1, 0.15) is 0 Å². The van der Waals surface area contributed by atoms with Gasteiger partial charge in [-0.1, -0.05) is 18.2 Å². The number of carboxylic acid groups (broad SMARTS) is 2. The van der Waals surface area contributed by atoms with Crippen molar-refractivity contribution in [1.82, 2.24) is 0 Å². The van der Waals surface area contributed by atoms with Gasteiger partial charge < -0.3 is 25.0 Å². The number of carboxylic acids is 2. The molecule has 1 aliphatic heterocycles. The van der Waals surface area contributed by atoms with E-state index in [0.29, 0.717) is 6.79 Å². The van der Waals surface area contributed by atoms with Crippen LogP contribution in [-0.2, 0) is 16.1 Å². The molecule has 7 nitrogen and oxygen atoms in total. The van der Waals surface area contributed by atoms with Crippen molar-refractivity contribution >= 4 is 17.6 Å². The molecule has 3 N–H and O–H groups in total. The van der Waals surface area contributed by atoms with Gasteiger partial charge in [-0.05, 0) is 48.7 Å². The number of aliphatic carboxylic acids is 2. The minimum absolute atomic E-state index is 0.323. The van der Waals surface area contributed by atoms with Gasteiger partial charge in [0.2, 0.25) is 6.79 Å². The van der Waals surface area contributed by atoms with Crippen molar-refractivity contribution in [3.8, 4) is 11.5 Å². The molecular formula is C18H19NO6. The first-order valence-corrected chi connectivity index (χ1v) is 7.52. The topological polar surface area (TPSA) is 105 Å². The Hall–Kier alpha value is -3.22. The van der Waals surface area contributed by atoms with Crippen LogP contribution in [0.2, 0.25) is 0 Å². The van der Waals surface area contributed by atoms with Gasteiger partial charge in [0.25, 0.3) is 0 Å². The summed E-state index contributed by atoms with van der Waals surface area (Å²) in [4.78, 5) is 18.2. The molecule has 1 aliphatic rings. The Kier molecular flexibility index (Phi) is 5.84. The molecule has 132 valence electrons. The zero-order valence-corrected chi connectivity index (χ0v) is 13.9. The minimum atomic E-state index is -1.82. The maximum Gasteiger partial charge on any atom is 0.414 e. The van der Waals surface area contributed by atoms with Gasteiger partial charge >= 0.3 is 11.9 Å². The van der Waals surface area contributed by atoms with Crippen LogP contribution in [0, 0.1) is 13.8 Å². The first-order chi connectivity index (χ1) is 11.9. The molecule has 25 heavy (non-hydrogen) atoms. The SMILES string of the molecule is Cc1ccc(C)c(NCc2ccc3c(c2)OCO3)c1.O=C(O)C(=O)O. The highest BCUT2D eigenvalue weighted by Crippen LogP contribution is 2.32. The first-order valence-electron chi connectivity index (χ1n) is 7.52. The van der Waals surface area contributed by atoms with Crippen LogP contribution < -0.4 is 14.8 Å². The van der Waals surface area contributed by atoms with Gasteiger partial charge in [-0.15, -0.1) is 0 Å². The molecule has 2 aromatic rings. The number of anilines is 1. The number of hydrogen-bond acceptors (Lipinski definition) is 5. The number of hydrogen-bond donors (Lipinski definition) is 3. The van der Waals surface area contributed by atoms with Gasteiger partial charge in [0.15, 0.2) is 11.5 Å². The van der Waals surface area contributed by atoms with Crippen molar-refractivity contribution < 1.29 is 29.3 Å². The van der Waals surface area contributed by atoms with Crippen molar-refractivity contribution in [2.24, 2.45) is 0 Å². The number of carbonyl (C=O) groups is 2. The highest BCUT2D eigenvalue weighted by Gasteiger charge is 2.13. The van der Waals surface area contributed by atoms with Gasteiger partial charge in [-0.25, -0.2) is 9.59 Å². The van der Waals surface area contributed by atoms with E-state index in [2.05, 4.69) is 43.4 Å². The van der Waals surface area contributed by atoms with Gasteiger partial charge in [-0.2, -0.15) is 0 Å². The fourth-order valence-corrected chi connectivity index (χ4v) is 2.17. The summed E-state index contributed by atoms with van der Waals surface area (Å²) in [6.07, 6.45) is 0. The second-order valence-corrected chi connectivity index (χ2v) is 5.47. The van der Waals surface area contributed by atoms with E-state index >= 15 is 0 Å². The molecule has 0 atom stereocenters. The monoisotopic (exact) mass is 345 g/mol. The average Bonchev–Trinajstić information content (AvgIpc) is 3.04. The number of nitrogens with one attached hydrogen (secondary N) is 1. The molecule has 7 heteroatoms. The fourth-order valence-electron chi connectivity index (χ4n) is 2.17. The van der Waals surface area contributed by atoms with E-state index in [9.17, 15) is 0 Å². The van der Waals surface area contributed by atoms with Crippen molar-refractivity contribution in [2.45, 2.75) is 20.4 Å². The van der Waals surface area contributed by atoms with Crippen LogP contribution in [0.5, 0.6) is 11.5 Å². The molecule has 0 aromatic heterocycles. The van der Waals surface area contributed by atoms with Crippen molar-refractivity contribution in [2.75, 3.05) is 12.1 Å². The highest BCUT2D eigenvalue weighted by molar-refractivity contribution is 6.27. The van der Waals surface area contributed by atoms with E-state index in [-0.39, 0.29) is 0 Å². The Balaban J connectivity index is 0.000000326. The van der Waals surface area contributed by atoms with Gasteiger partial charge in [-0.3, -0.25) is 0 Å². The number of ether oxygens (including phenoxy) is 2. The summed E-state index contributed by atoms with van der Waals surface area (Å²) >= 11 is 0. The zero-order chi connectivity index (χ0) is 18.4. The lowest BCUT2D eigenvalue weighted by Gasteiger charge is -2.11. The maximum atomic E-state index is 9.10. The second-order valence-electron chi connectivity index (χ2n) is 5.47. The van der Waals surface area contributed by atoms with Crippen LogP contribution in [0.15, 0.2) is 36.4 Å². The molecule has 0 fully saturated rings. The molecule has 1 heterocycles. The highest BCUT2D eigenvalue weighted by atomic mass is 16.7. The quantitative estimate of drug-likeness (QED) is 0.735. The van der Waals surface area contributed by atoms with Crippen molar-refractivity contribution in [3.63, 3.8) is 0 Å².